The molecule has 1 saturated heterocycles. The van der Waals surface area contributed by atoms with E-state index in [2.05, 4.69) is 43.5 Å². The van der Waals surface area contributed by atoms with Gasteiger partial charge in [-0.3, -0.25) is 9.69 Å². The lowest BCUT2D eigenvalue weighted by Gasteiger charge is -2.32. The van der Waals surface area contributed by atoms with Gasteiger partial charge in [0.1, 0.15) is 5.69 Å². The van der Waals surface area contributed by atoms with E-state index < -0.39 is 0 Å². The lowest BCUT2D eigenvalue weighted by atomic mass is 10.1. The van der Waals surface area contributed by atoms with E-state index in [-0.39, 0.29) is 11.9 Å². The van der Waals surface area contributed by atoms with Crippen molar-refractivity contribution in [3.05, 3.63) is 39.8 Å². The predicted molar refractivity (Wildman–Crippen MR) is 105 cm³/mol. The van der Waals surface area contributed by atoms with Crippen LogP contribution in [0.4, 0.5) is 5.95 Å². The minimum Gasteiger partial charge on any atom is -0.378 e. The Bertz CT molecular complexity index is 790. The van der Waals surface area contributed by atoms with Crippen molar-refractivity contribution in [2.24, 2.45) is 0 Å². The molecule has 0 saturated carbocycles. The van der Waals surface area contributed by atoms with Gasteiger partial charge < -0.3 is 15.0 Å². The molecule has 1 fully saturated rings. The molecule has 7 nitrogen and oxygen atoms in total. The Hall–Kier alpha value is -2.03. The van der Waals surface area contributed by atoms with Crippen molar-refractivity contribution in [1.29, 1.82) is 0 Å². The molecule has 1 unspecified atom stereocenters. The first kappa shape index (κ1) is 18.3. The Balaban J connectivity index is 1.32. The molecule has 0 radical (unpaired) electrons. The predicted octanol–water partition coefficient (Wildman–Crippen LogP) is 1.55. The Kier molecular flexibility index (Phi) is 5.66. The first-order chi connectivity index (χ1) is 13.2. The summed E-state index contributed by atoms with van der Waals surface area (Å²) in [6.07, 6.45) is 2.75. The molecule has 2 aliphatic heterocycles. The molecular weight excluding hydrogens is 362 g/mol. The number of carbonyl (C=O) groups excluding carboxylic acids is 1. The summed E-state index contributed by atoms with van der Waals surface area (Å²) in [6, 6.07) is 4.16. The van der Waals surface area contributed by atoms with Crippen molar-refractivity contribution in [3.8, 4) is 0 Å². The highest BCUT2D eigenvalue weighted by atomic mass is 32.1. The van der Waals surface area contributed by atoms with Crippen LogP contribution in [0.25, 0.3) is 0 Å². The van der Waals surface area contributed by atoms with Crippen LogP contribution in [0, 0.1) is 0 Å². The maximum atomic E-state index is 12.6. The van der Waals surface area contributed by atoms with Gasteiger partial charge in [0.15, 0.2) is 0 Å². The molecule has 2 aliphatic rings. The zero-order valence-electron chi connectivity index (χ0n) is 15.6. The largest absolute Gasteiger partial charge is 0.378 e. The van der Waals surface area contributed by atoms with E-state index in [1.165, 1.54) is 10.4 Å². The van der Waals surface area contributed by atoms with E-state index in [1.807, 2.05) is 11.3 Å². The fourth-order valence-electron chi connectivity index (χ4n) is 3.50. The van der Waals surface area contributed by atoms with Gasteiger partial charge in [-0.05, 0) is 36.4 Å². The monoisotopic (exact) mass is 387 g/mol. The molecule has 2 aromatic heterocycles. The van der Waals surface area contributed by atoms with Crippen LogP contribution >= 0.6 is 11.3 Å². The molecule has 0 spiro atoms. The second-order valence-corrected chi connectivity index (χ2v) is 7.99. The molecule has 2 aromatic rings. The van der Waals surface area contributed by atoms with Crippen LogP contribution in [0.15, 0.2) is 23.7 Å². The lowest BCUT2D eigenvalue weighted by molar-refractivity contribution is 0.0927. The van der Waals surface area contributed by atoms with Crippen LogP contribution in [0.1, 0.15) is 27.9 Å². The normalized spacial score (nSPS) is 18.8. The highest BCUT2D eigenvalue weighted by molar-refractivity contribution is 7.10. The minimum atomic E-state index is -0.146. The number of thiophene rings is 1. The SMILES string of the molecule is CC(CNC(=O)c1ccnc(N2CCOCC2)n1)N1CCc2sccc2C1. The zero-order valence-corrected chi connectivity index (χ0v) is 16.4. The molecule has 1 atom stereocenters. The smallest absolute Gasteiger partial charge is 0.270 e. The quantitative estimate of drug-likeness (QED) is 0.840. The third-order valence-electron chi connectivity index (χ3n) is 5.19. The number of ether oxygens (including phenoxy) is 1. The van der Waals surface area contributed by atoms with Gasteiger partial charge in [0.2, 0.25) is 5.95 Å². The van der Waals surface area contributed by atoms with Crippen LogP contribution in [0.2, 0.25) is 0 Å². The number of hydrogen-bond donors (Lipinski definition) is 1. The van der Waals surface area contributed by atoms with Gasteiger partial charge in [0.25, 0.3) is 5.91 Å². The molecule has 4 rings (SSSR count). The van der Waals surface area contributed by atoms with Crippen molar-refractivity contribution in [2.75, 3.05) is 44.3 Å². The third-order valence-corrected chi connectivity index (χ3v) is 6.21. The zero-order chi connectivity index (χ0) is 18.6. The molecule has 4 heterocycles. The summed E-state index contributed by atoms with van der Waals surface area (Å²) in [4.78, 5) is 27.3. The van der Waals surface area contributed by atoms with Crippen molar-refractivity contribution >= 4 is 23.2 Å². The summed E-state index contributed by atoms with van der Waals surface area (Å²) in [5.41, 5.74) is 1.84. The molecule has 1 amide bonds. The van der Waals surface area contributed by atoms with Crippen molar-refractivity contribution < 1.29 is 9.53 Å². The van der Waals surface area contributed by atoms with Gasteiger partial charge in [0.05, 0.1) is 13.2 Å². The van der Waals surface area contributed by atoms with Crippen molar-refractivity contribution in [3.63, 3.8) is 0 Å². The molecular formula is C19H25N5O2S. The number of morpholine rings is 1. The highest BCUT2D eigenvalue weighted by Crippen LogP contribution is 2.25. The van der Waals surface area contributed by atoms with Gasteiger partial charge in [-0.1, -0.05) is 0 Å². The van der Waals surface area contributed by atoms with E-state index >= 15 is 0 Å². The number of nitrogens with one attached hydrogen (secondary N) is 1. The van der Waals surface area contributed by atoms with Crippen LogP contribution in [0.5, 0.6) is 0 Å². The average Bonchev–Trinajstić information content (AvgIpc) is 3.20. The first-order valence-corrected chi connectivity index (χ1v) is 10.3. The number of amides is 1. The van der Waals surface area contributed by atoms with E-state index in [4.69, 9.17) is 4.74 Å². The Morgan fingerprint density at radius 2 is 2.19 bits per heavy atom. The van der Waals surface area contributed by atoms with E-state index in [0.717, 1.165) is 32.6 Å². The first-order valence-electron chi connectivity index (χ1n) is 9.44. The summed E-state index contributed by atoms with van der Waals surface area (Å²) in [6.45, 7) is 7.61. The molecule has 0 bridgehead atoms. The summed E-state index contributed by atoms with van der Waals surface area (Å²) in [5, 5.41) is 5.20. The van der Waals surface area contributed by atoms with Gasteiger partial charge >= 0.3 is 0 Å². The number of carbonyl (C=O) groups is 1. The van der Waals surface area contributed by atoms with Gasteiger partial charge in [0, 0.05) is 49.8 Å². The number of nitrogens with zero attached hydrogens (tertiary/aromatic N) is 4. The highest BCUT2D eigenvalue weighted by Gasteiger charge is 2.22. The van der Waals surface area contributed by atoms with Crippen LogP contribution < -0.4 is 10.2 Å². The maximum Gasteiger partial charge on any atom is 0.270 e. The molecule has 144 valence electrons. The number of aromatic nitrogens is 2. The van der Waals surface area contributed by atoms with E-state index in [1.54, 1.807) is 12.3 Å². The fraction of sp³-hybridized carbons (Fsp3) is 0.526. The Morgan fingerprint density at radius 3 is 3.04 bits per heavy atom. The van der Waals surface area contributed by atoms with Gasteiger partial charge in [-0.2, -0.15) is 0 Å². The van der Waals surface area contributed by atoms with Crippen LogP contribution in [0.3, 0.4) is 0 Å². The third kappa shape index (κ3) is 4.28. The van der Waals surface area contributed by atoms with Crippen LogP contribution in [-0.2, 0) is 17.7 Å². The van der Waals surface area contributed by atoms with Crippen molar-refractivity contribution in [2.45, 2.75) is 25.9 Å². The van der Waals surface area contributed by atoms with E-state index in [0.29, 0.717) is 31.4 Å². The maximum absolute atomic E-state index is 12.6. The Labute approximate surface area is 163 Å². The number of rotatable bonds is 5. The molecule has 8 heteroatoms. The lowest BCUT2D eigenvalue weighted by Crippen LogP contribution is -2.44. The summed E-state index contributed by atoms with van der Waals surface area (Å²) in [7, 11) is 0. The van der Waals surface area contributed by atoms with Gasteiger partial charge in [-0.15, -0.1) is 11.3 Å². The number of anilines is 1. The topological polar surface area (TPSA) is 70.6 Å². The van der Waals surface area contributed by atoms with Crippen molar-refractivity contribution in [1.82, 2.24) is 20.2 Å². The number of fused-ring (bicyclic) bond motifs is 1. The summed E-state index contributed by atoms with van der Waals surface area (Å²) >= 11 is 1.85. The summed E-state index contributed by atoms with van der Waals surface area (Å²) in [5.74, 6) is 0.451. The van der Waals surface area contributed by atoms with Gasteiger partial charge in [-0.25, -0.2) is 9.97 Å². The molecule has 0 aromatic carbocycles. The molecule has 0 aliphatic carbocycles. The second kappa shape index (κ2) is 8.33. The standard InChI is InChI=1S/C19H25N5O2S/c1-14(24-6-3-17-15(13-24)4-11-27-17)12-21-18(25)16-2-5-20-19(22-16)23-7-9-26-10-8-23/h2,4-5,11,14H,3,6-10,12-13H2,1H3,(H,21,25). The molecule has 1 N–H and O–H groups in total. The Morgan fingerprint density at radius 1 is 1.33 bits per heavy atom. The minimum absolute atomic E-state index is 0.146. The average molecular weight is 388 g/mol. The van der Waals surface area contributed by atoms with E-state index in [9.17, 15) is 4.79 Å². The number of hydrogen-bond acceptors (Lipinski definition) is 7. The fourth-order valence-corrected chi connectivity index (χ4v) is 4.39. The van der Waals surface area contributed by atoms with Crippen LogP contribution in [-0.4, -0.2) is 66.2 Å². The second-order valence-electron chi connectivity index (χ2n) is 6.99. The summed E-state index contributed by atoms with van der Waals surface area (Å²) < 4.78 is 5.36. The molecule has 27 heavy (non-hydrogen) atoms.